The molecule has 0 spiro atoms. The van der Waals surface area contributed by atoms with E-state index in [0.29, 0.717) is 0 Å². The van der Waals surface area contributed by atoms with Gasteiger partial charge < -0.3 is 0 Å². The molecular weight excluding hydrogens is 328 g/mol. The van der Waals surface area contributed by atoms with Crippen LogP contribution in [0.2, 0.25) is 0 Å². The van der Waals surface area contributed by atoms with E-state index >= 15 is 0 Å². The molecule has 0 radical (unpaired) electrons. The van der Waals surface area contributed by atoms with Gasteiger partial charge in [0.1, 0.15) is 0 Å². The Hall–Kier alpha value is -0.860. The van der Waals surface area contributed by atoms with Crippen molar-refractivity contribution in [2.24, 2.45) is 0 Å². The lowest BCUT2D eigenvalue weighted by atomic mass is 10.1. The average Bonchev–Trinajstić information content (AvgIpc) is 2.28. The van der Waals surface area contributed by atoms with Gasteiger partial charge in [-0.1, -0.05) is 74.3 Å². The Balaban J connectivity index is 2.25. The fraction of sp³-hybridized carbons (Fsp3) is 0. The molecule has 16 heavy (non-hydrogen) atoms. The summed E-state index contributed by atoms with van der Waals surface area (Å²) in [6, 6.07) is 16.4. The summed E-state index contributed by atoms with van der Waals surface area (Å²) in [5.74, 6) is 0. The number of hydrogen-bond donors (Lipinski definition) is 0. The van der Waals surface area contributed by atoms with Gasteiger partial charge in [0.15, 0.2) is 0 Å². The highest BCUT2D eigenvalue weighted by molar-refractivity contribution is 9.10. The summed E-state index contributed by atoms with van der Waals surface area (Å²) >= 11 is 6.98. The van der Waals surface area contributed by atoms with E-state index in [2.05, 4.69) is 62.2 Å². The highest BCUT2D eigenvalue weighted by Gasteiger charge is 1.93. The molecule has 0 atom stereocenters. The van der Waals surface area contributed by atoms with Gasteiger partial charge in [-0.15, -0.1) is 0 Å². The molecule has 0 bridgehead atoms. The number of rotatable bonds is 2. The van der Waals surface area contributed by atoms with E-state index in [-0.39, 0.29) is 0 Å². The Morgan fingerprint density at radius 2 is 1.62 bits per heavy atom. The van der Waals surface area contributed by atoms with Crippen molar-refractivity contribution in [3.8, 4) is 0 Å². The zero-order chi connectivity index (χ0) is 11.4. The van der Waals surface area contributed by atoms with Crippen molar-refractivity contribution >= 4 is 44.0 Å². The molecule has 2 aromatic carbocycles. The summed E-state index contributed by atoms with van der Waals surface area (Å²) < 4.78 is 2.21. The molecule has 0 aliphatic rings. The number of halogens is 2. The molecule has 0 aromatic heterocycles. The molecule has 0 saturated heterocycles. The van der Waals surface area contributed by atoms with Crippen LogP contribution in [0.25, 0.3) is 12.2 Å². The van der Waals surface area contributed by atoms with E-state index in [4.69, 9.17) is 0 Å². The zero-order valence-corrected chi connectivity index (χ0v) is 11.7. The van der Waals surface area contributed by atoms with Crippen molar-refractivity contribution in [3.63, 3.8) is 0 Å². The summed E-state index contributed by atoms with van der Waals surface area (Å²) in [4.78, 5) is 0. The molecule has 0 N–H and O–H groups in total. The molecule has 0 fully saturated rings. The van der Waals surface area contributed by atoms with Gasteiger partial charge in [-0.2, -0.15) is 0 Å². The number of hydrogen-bond acceptors (Lipinski definition) is 0. The fourth-order valence-corrected chi connectivity index (χ4v) is 2.24. The van der Waals surface area contributed by atoms with Crippen LogP contribution in [-0.2, 0) is 0 Å². The van der Waals surface area contributed by atoms with Gasteiger partial charge in [-0.05, 0) is 29.3 Å². The van der Waals surface area contributed by atoms with E-state index in [9.17, 15) is 0 Å². The fourth-order valence-electron chi connectivity index (χ4n) is 1.41. The number of benzene rings is 2. The van der Waals surface area contributed by atoms with Crippen molar-refractivity contribution in [1.29, 1.82) is 0 Å². The maximum absolute atomic E-state index is 3.52. The summed E-state index contributed by atoms with van der Waals surface area (Å²) in [6.45, 7) is 0. The van der Waals surface area contributed by atoms with Gasteiger partial charge >= 0.3 is 0 Å². The second-order valence-corrected chi connectivity index (χ2v) is 5.18. The van der Waals surface area contributed by atoms with Crippen molar-refractivity contribution in [3.05, 3.63) is 68.6 Å². The van der Waals surface area contributed by atoms with E-state index in [1.165, 1.54) is 11.1 Å². The molecule has 0 nitrogen and oxygen atoms in total. The molecule has 0 amide bonds. The first-order chi connectivity index (χ1) is 7.75. The molecule has 0 unspecified atom stereocenters. The first-order valence-corrected chi connectivity index (χ1v) is 6.52. The van der Waals surface area contributed by atoms with Crippen LogP contribution in [0.3, 0.4) is 0 Å². The van der Waals surface area contributed by atoms with Gasteiger partial charge in [0.05, 0.1) is 0 Å². The lowest BCUT2D eigenvalue weighted by Gasteiger charge is -1.98. The molecular formula is C14H10Br2. The normalized spacial score (nSPS) is 10.9. The highest BCUT2D eigenvalue weighted by Crippen LogP contribution is 2.19. The topological polar surface area (TPSA) is 0 Å². The van der Waals surface area contributed by atoms with Gasteiger partial charge in [0, 0.05) is 8.95 Å². The minimum absolute atomic E-state index is 1.10. The third kappa shape index (κ3) is 3.06. The SMILES string of the molecule is Brc1cccc(C=Cc2ccccc2Br)c1. The summed E-state index contributed by atoms with van der Waals surface area (Å²) in [5, 5.41) is 0. The molecule has 0 heterocycles. The molecule has 2 heteroatoms. The highest BCUT2D eigenvalue weighted by atomic mass is 79.9. The maximum atomic E-state index is 3.52. The van der Waals surface area contributed by atoms with Crippen LogP contribution in [0.1, 0.15) is 11.1 Å². The second kappa shape index (κ2) is 5.46. The van der Waals surface area contributed by atoms with Crippen LogP contribution >= 0.6 is 31.9 Å². The van der Waals surface area contributed by atoms with Crippen molar-refractivity contribution in [2.45, 2.75) is 0 Å². The van der Waals surface area contributed by atoms with Gasteiger partial charge in [-0.25, -0.2) is 0 Å². The summed E-state index contributed by atoms with van der Waals surface area (Å²) in [6.07, 6.45) is 4.21. The lowest BCUT2D eigenvalue weighted by molar-refractivity contribution is 1.59. The minimum Gasteiger partial charge on any atom is -0.0616 e. The van der Waals surface area contributed by atoms with Crippen LogP contribution in [0, 0.1) is 0 Å². The Labute approximate surface area is 112 Å². The van der Waals surface area contributed by atoms with E-state index in [1.54, 1.807) is 0 Å². The predicted molar refractivity (Wildman–Crippen MR) is 77.2 cm³/mol. The Morgan fingerprint density at radius 1 is 0.812 bits per heavy atom. The summed E-state index contributed by atoms with van der Waals surface area (Å²) in [7, 11) is 0. The largest absolute Gasteiger partial charge is 0.0616 e. The van der Waals surface area contributed by atoms with Crippen molar-refractivity contribution in [1.82, 2.24) is 0 Å². The summed E-state index contributed by atoms with van der Waals surface area (Å²) in [5.41, 5.74) is 2.37. The van der Waals surface area contributed by atoms with Crippen LogP contribution in [0.5, 0.6) is 0 Å². The van der Waals surface area contributed by atoms with Crippen LogP contribution < -0.4 is 0 Å². The molecule has 0 aliphatic heterocycles. The first-order valence-electron chi connectivity index (χ1n) is 4.94. The quantitative estimate of drug-likeness (QED) is 0.645. The van der Waals surface area contributed by atoms with E-state index in [1.807, 2.05) is 30.3 Å². The van der Waals surface area contributed by atoms with E-state index < -0.39 is 0 Å². The van der Waals surface area contributed by atoms with Crippen LogP contribution in [0.4, 0.5) is 0 Å². The predicted octanol–water partition coefficient (Wildman–Crippen LogP) is 5.38. The lowest BCUT2D eigenvalue weighted by Crippen LogP contribution is -1.75. The molecule has 2 rings (SSSR count). The third-order valence-corrected chi connectivity index (χ3v) is 3.42. The first kappa shape index (κ1) is 11.6. The van der Waals surface area contributed by atoms with Gasteiger partial charge in [0.2, 0.25) is 0 Å². The zero-order valence-electron chi connectivity index (χ0n) is 8.53. The smallest absolute Gasteiger partial charge is 0.0247 e. The minimum atomic E-state index is 1.10. The third-order valence-electron chi connectivity index (χ3n) is 2.21. The molecule has 80 valence electrons. The van der Waals surface area contributed by atoms with Gasteiger partial charge in [0.25, 0.3) is 0 Å². The van der Waals surface area contributed by atoms with Crippen LogP contribution in [-0.4, -0.2) is 0 Å². The molecule has 2 aromatic rings. The van der Waals surface area contributed by atoms with Crippen molar-refractivity contribution in [2.75, 3.05) is 0 Å². The molecule has 0 aliphatic carbocycles. The molecule has 0 saturated carbocycles. The van der Waals surface area contributed by atoms with Crippen LogP contribution in [0.15, 0.2) is 57.5 Å². The Morgan fingerprint density at radius 3 is 2.38 bits per heavy atom. The monoisotopic (exact) mass is 336 g/mol. The Kier molecular flexibility index (Phi) is 3.97. The maximum Gasteiger partial charge on any atom is 0.0247 e. The second-order valence-electron chi connectivity index (χ2n) is 3.41. The van der Waals surface area contributed by atoms with E-state index in [0.717, 1.165) is 8.95 Å². The van der Waals surface area contributed by atoms with Gasteiger partial charge in [-0.3, -0.25) is 0 Å². The standard InChI is InChI=1S/C14H10Br2/c15-13-6-3-4-11(10-13)8-9-12-5-1-2-7-14(12)16/h1-10H. The Bertz CT molecular complexity index is 516. The van der Waals surface area contributed by atoms with Crippen molar-refractivity contribution < 1.29 is 0 Å². The average molecular weight is 338 g/mol.